The van der Waals surface area contributed by atoms with Gasteiger partial charge < -0.3 is 9.26 Å². The molecule has 1 aromatic heterocycles. The van der Waals surface area contributed by atoms with Gasteiger partial charge >= 0.3 is 5.97 Å². The Bertz CT molecular complexity index is 780. The molecule has 3 saturated carbocycles. The fourth-order valence-electron chi connectivity index (χ4n) is 7.23. The Balaban J connectivity index is 1.46. The topological polar surface area (TPSA) is 52.3 Å². The van der Waals surface area contributed by atoms with E-state index in [0.717, 1.165) is 30.4 Å². The molecule has 26 heavy (non-hydrogen) atoms. The average Bonchev–Trinajstić information content (AvgIpc) is 3.16. The van der Waals surface area contributed by atoms with E-state index < -0.39 is 0 Å². The number of esters is 1. The van der Waals surface area contributed by atoms with Gasteiger partial charge in [-0.3, -0.25) is 4.79 Å². The van der Waals surface area contributed by atoms with Gasteiger partial charge in [-0.2, -0.15) is 0 Å². The van der Waals surface area contributed by atoms with Crippen molar-refractivity contribution in [2.24, 2.45) is 28.6 Å². The van der Waals surface area contributed by atoms with Crippen LogP contribution in [0, 0.1) is 28.6 Å². The second kappa shape index (κ2) is 5.46. The molecule has 0 saturated heterocycles. The molecule has 1 heterocycles. The van der Waals surface area contributed by atoms with Gasteiger partial charge in [-0.15, -0.1) is 0 Å². The van der Waals surface area contributed by atoms with Gasteiger partial charge in [0.15, 0.2) is 5.76 Å². The summed E-state index contributed by atoms with van der Waals surface area (Å²) >= 11 is 0. The lowest BCUT2D eigenvalue weighted by Gasteiger charge is -2.57. The maximum Gasteiger partial charge on any atom is 0.302 e. The first-order valence-corrected chi connectivity index (χ1v) is 10.2. The molecule has 1 aromatic rings. The third-order valence-electron chi connectivity index (χ3n) is 8.50. The first-order valence-electron chi connectivity index (χ1n) is 10.2. The fraction of sp³-hybridized carbons (Fsp3) is 0.727. The summed E-state index contributed by atoms with van der Waals surface area (Å²) in [5.41, 5.74) is 3.25. The monoisotopic (exact) mass is 355 g/mol. The van der Waals surface area contributed by atoms with E-state index in [9.17, 15) is 4.79 Å². The number of carbonyl (C=O) groups excluding carboxylic acids is 1. The summed E-state index contributed by atoms with van der Waals surface area (Å²) in [5.74, 6) is 3.02. The van der Waals surface area contributed by atoms with Gasteiger partial charge in [-0.05, 0) is 74.2 Å². The van der Waals surface area contributed by atoms with Crippen molar-refractivity contribution in [2.75, 3.05) is 0 Å². The van der Waals surface area contributed by atoms with Crippen molar-refractivity contribution in [3.8, 4) is 0 Å². The lowest BCUT2D eigenvalue weighted by molar-refractivity contribution is -0.157. The highest BCUT2D eigenvalue weighted by Crippen LogP contribution is 2.65. The molecule has 6 atom stereocenters. The number of allylic oxidation sites excluding steroid dienone is 1. The maximum atomic E-state index is 11.6. The van der Waals surface area contributed by atoms with Gasteiger partial charge in [-0.1, -0.05) is 24.6 Å². The predicted molar refractivity (Wildman–Crippen MR) is 98.1 cm³/mol. The number of nitrogens with zero attached hydrogens (tertiary/aromatic N) is 1. The largest absolute Gasteiger partial charge is 0.462 e. The molecule has 4 aliphatic carbocycles. The minimum absolute atomic E-state index is 0.117. The first-order chi connectivity index (χ1) is 12.4. The zero-order valence-electron chi connectivity index (χ0n) is 16.1. The Morgan fingerprint density at radius 2 is 2.08 bits per heavy atom. The van der Waals surface area contributed by atoms with Crippen molar-refractivity contribution < 1.29 is 14.1 Å². The molecule has 140 valence electrons. The number of aromatic nitrogens is 1. The van der Waals surface area contributed by atoms with Gasteiger partial charge in [-0.25, -0.2) is 0 Å². The van der Waals surface area contributed by atoms with E-state index in [-0.39, 0.29) is 22.9 Å². The van der Waals surface area contributed by atoms with Crippen molar-refractivity contribution >= 4 is 12.0 Å². The highest BCUT2D eigenvalue weighted by Gasteiger charge is 2.60. The maximum absolute atomic E-state index is 11.6. The van der Waals surface area contributed by atoms with Crippen LogP contribution in [0.25, 0.3) is 6.08 Å². The molecular formula is C22H29NO3. The molecule has 0 amide bonds. The van der Waals surface area contributed by atoms with Gasteiger partial charge in [0.1, 0.15) is 6.10 Å². The van der Waals surface area contributed by atoms with Crippen molar-refractivity contribution in [3.63, 3.8) is 0 Å². The molecule has 5 rings (SSSR count). The Morgan fingerprint density at radius 1 is 1.23 bits per heavy atom. The molecule has 0 aromatic carbocycles. The Labute approximate surface area is 155 Å². The second-order valence-electron chi connectivity index (χ2n) is 9.61. The van der Waals surface area contributed by atoms with E-state index in [1.165, 1.54) is 37.7 Å². The summed E-state index contributed by atoms with van der Waals surface area (Å²) in [6, 6.07) is 0. The van der Waals surface area contributed by atoms with Gasteiger partial charge in [0.25, 0.3) is 0 Å². The van der Waals surface area contributed by atoms with Gasteiger partial charge in [0.05, 0.1) is 6.20 Å². The second-order valence-corrected chi connectivity index (χ2v) is 9.61. The number of ether oxygens (including phenoxy) is 1. The zero-order valence-corrected chi connectivity index (χ0v) is 16.1. The van der Waals surface area contributed by atoms with Crippen LogP contribution in [-0.2, 0) is 16.0 Å². The van der Waals surface area contributed by atoms with Crippen LogP contribution in [0.2, 0.25) is 0 Å². The quantitative estimate of drug-likeness (QED) is 0.680. The summed E-state index contributed by atoms with van der Waals surface area (Å²) < 4.78 is 11.2. The Kier molecular flexibility index (Phi) is 3.48. The molecule has 0 radical (unpaired) electrons. The standard InChI is InChI=1S/C22H29NO3/c1-13(24)25-20-7-6-17-16-5-4-15-10-19-14(12-23-26-19)11-22(15,3)18(16)8-9-21(17,20)2/h10,12,16-18,20H,4-9,11H2,1-3H3/t16-,17-,18-,20+,21-,22-/m0/s1. The summed E-state index contributed by atoms with van der Waals surface area (Å²) in [6.07, 6.45) is 12.5. The van der Waals surface area contributed by atoms with Crippen molar-refractivity contribution in [1.29, 1.82) is 0 Å². The molecular weight excluding hydrogens is 326 g/mol. The van der Waals surface area contributed by atoms with E-state index in [1.54, 1.807) is 12.5 Å². The molecule has 0 N–H and O–H groups in total. The summed E-state index contributed by atoms with van der Waals surface area (Å²) in [6.45, 7) is 6.42. The lowest BCUT2D eigenvalue weighted by Crippen LogP contribution is -2.51. The van der Waals surface area contributed by atoms with E-state index in [2.05, 4.69) is 25.1 Å². The molecule has 3 fully saturated rings. The van der Waals surface area contributed by atoms with Crippen LogP contribution in [0.4, 0.5) is 0 Å². The summed E-state index contributed by atoms with van der Waals surface area (Å²) in [7, 11) is 0. The molecule has 0 bridgehead atoms. The molecule has 0 spiro atoms. The SMILES string of the molecule is CC(=O)O[C@@H]1CC[C@H]2[C@@H]3CCC4=Cc5oncc5C[C@]4(C)[C@H]3CC[C@]12C. The van der Waals surface area contributed by atoms with Crippen LogP contribution >= 0.6 is 0 Å². The summed E-state index contributed by atoms with van der Waals surface area (Å²) in [4.78, 5) is 11.6. The predicted octanol–water partition coefficient (Wildman–Crippen LogP) is 4.79. The zero-order chi connectivity index (χ0) is 18.1. The third-order valence-corrected chi connectivity index (χ3v) is 8.50. The van der Waals surface area contributed by atoms with Crippen LogP contribution in [-0.4, -0.2) is 17.2 Å². The number of hydrogen-bond acceptors (Lipinski definition) is 4. The third kappa shape index (κ3) is 2.13. The Morgan fingerprint density at radius 3 is 2.88 bits per heavy atom. The molecule has 4 nitrogen and oxygen atoms in total. The van der Waals surface area contributed by atoms with E-state index >= 15 is 0 Å². The average molecular weight is 355 g/mol. The number of carbonyl (C=O) groups is 1. The van der Waals surface area contributed by atoms with Crippen LogP contribution in [0.3, 0.4) is 0 Å². The molecule has 0 unspecified atom stereocenters. The first kappa shape index (κ1) is 16.6. The summed E-state index contributed by atoms with van der Waals surface area (Å²) in [5, 5.41) is 4.03. The van der Waals surface area contributed by atoms with Crippen molar-refractivity contribution in [3.05, 3.63) is 23.1 Å². The lowest BCUT2D eigenvalue weighted by atomic mass is 9.47. The highest BCUT2D eigenvalue weighted by atomic mass is 16.5. The van der Waals surface area contributed by atoms with Gasteiger partial charge in [0.2, 0.25) is 0 Å². The number of fused-ring (bicyclic) bond motifs is 6. The van der Waals surface area contributed by atoms with Gasteiger partial charge in [0, 0.05) is 17.9 Å². The minimum atomic E-state index is -0.118. The van der Waals surface area contributed by atoms with Crippen molar-refractivity contribution in [2.45, 2.75) is 71.8 Å². The van der Waals surface area contributed by atoms with E-state index in [1.807, 2.05) is 6.20 Å². The molecule has 4 aliphatic rings. The van der Waals surface area contributed by atoms with Crippen LogP contribution in [0.15, 0.2) is 16.3 Å². The normalized spacial score (nSPS) is 43.6. The number of rotatable bonds is 1. The number of hydrogen-bond donors (Lipinski definition) is 0. The molecule has 4 heteroatoms. The highest BCUT2D eigenvalue weighted by molar-refractivity contribution is 5.66. The van der Waals surface area contributed by atoms with Crippen LogP contribution in [0.1, 0.15) is 70.6 Å². The van der Waals surface area contributed by atoms with E-state index in [0.29, 0.717) is 5.92 Å². The van der Waals surface area contributed by atoms with Crippen molar-refractivity contribution in [1.82, 2.24) is 5.16 Å². The Hall–Kier alpha value is -1.58. The van der Waals surface area contributed by atoms with Crippen LogP contribution in [0.5, 0.6) is 0 Å². The minimum Gasteiger partial charge on any atom is -0.462 e. The smallest absolute Gasteiger partial charge is 0.302 e. The van der Waals surface area contributed by atoms with Crippen LogP contribution < -0.4 is 0 Å². The van der Waals surface area contributed by atoms with E-state index in [4.69, 9.17) is 9.26 Å². The fourth-order valence-corrected chi connectivity index (χ4v) is 7.23. The molecule has 0 aliphatic heterocycles.